The first kappa shape index (κ1) is 8.85. The van der Waals surface area contributed by atoms with Gasteiger partial charge in [-0.2, -0.15) is 5.26 Å². The summed E-state index contributed by atoms with van der Waals surface area (Å²) >= 11 is 0. The molecular formula is C8H13N3O. The quantitative estimate of drug-likeness (QED) is 0.306. The van der Waals surface area contributed by atoms with Crippen LogP contribution >= 0.6 is 0 Å². The van der Waals surface area contributed by atoms with Gasteiger partial charge in [0.15, 0.2) is 0 Å². The van der Waals surface area contributed by atoms with Crippen molar-refractivity contribution in [3.05, 3.63) is 0 Å². The number of methoxy groups -OCH3 is 1. The SMILES string of the molecule is CO/C(=N\C#N)N1CCCCC1. The highest BCUT2D eigenvalue weighted by atomic mass is 16.5. The van der Waals surface area contributed by atoms with Crippen LogP contribution in [-0.4, -0.2) is 31.1 Å². The predicted molar refractivity (Wildman–Crippen MR) is 45.5 cm³/mol. The third kappa shape index (κ3) is 2.12. The summed E-state index contributed by atoms with van der Waals surface area (Å²) in [6.45, 7) is 1.91. The number of nitriles is 1. The van der Waals surface area contributed by atoms with Crippen molar-refractivity contribution in [2.24, 2.45) is 4.99 Å². The molecule has 66 valence electrons. The van der Waals surface area contributed by atoms with Crippen LogP contribution in [0.15, 0.2) is 4.99 Å². The fraction of sp³-hybridized carbons (Fsp3) is 0.750. The van der Waals surface area contributed by atoms with Crippen LogP contribution < -0.4 is 0 Å². The first-order chi connectivity index (χ1) is 5.88. The first-order valence-electron chi connectivity index (χ1n) is 4.14. The largest absolute Gasteiger partial charge is 0.468 e. The number of piperidine rings is 1. The van der Waals surface area contributed by atoms with Gasteiger partial charge < -0.3 is 9.64 Å². The van der Waals surface area contributed by atoms with Crippen molar-refractivity contribution < 1.29 is 4.74 Å². The Balaban J connectivity index is 2.53. The van der Waals surface area contributed by atoms with Gasteiger partial charge in [0.1, 0.15) is 0 Å². The fourth-order valence-electron chi connectivity index (χ4n) is 1.37. The lowest BCUT2D eigenvalue weighted by Crippen LogP contribution is -2.36. The van der Waals surface area contributed by atoms with Crippen molar-refractivity contribution in [2.75, 3.05) is 20.2 Å². The molecule has 0 bridgehead atoms. The topological polar surface area (TPSA) is 48.6 Å². The molecule has 12 heavy (non-hydrogen) atoms. The van der Waals surface area contributed by atoms with Gasteiger partial charge in [-0.1, -0.05) is 0 Å². The molecular weight excluding hydrogens is 154 g/mol. The second kappa shape index (κ2) is 4.60. The van der Waals surface area contributed by atoms with Crippen LogP contribution in [-0.2, 0) is 4.74 Å². The average molecular weight is 167 g/mol. The molecule has 1 saturated heterocycles. The summed E-state index contributed by atoms with van der Waals surface area (Å²) in [6.07, 6.45) is 5.32. The normalized spacial score (nSPS) is 18.7. The number of hydrogen-bond acceptors (Lipinski definition) is 3. The number of rotatable bonds is 0. The highest BCUT2D eigenvalue weighted by molar-refractivity contribution is 5.74. The van der Waals surface area contributed by atoms with Gasteiger partial charge in [0, 0.05) is 13.1 Å². The van der Waals surface area contributed by atoms with E-state index in [0.717, 1.165) is 25.9 Å². The number of likely N-dealkylation sites (tertiary alicyclic amines) is 1. The highest BCUT2D eigenvalue weighted by Gasteiger charge is 2.14. The summed E-state index contributed by atoms with van der Waals surface area (Å²) in [6, 6.07) is 0.456. The van der Waals surface area contributed by atoms with E-state index in [1.807, 2.05) is 4.90 Å². The van der Waals surface area contributed by atoms with Gasteiger partial charge in [-0.15, -0.1) is 4.99 Å². The summed E-state index contributed by atoms with van der Waals surface area (Å²) in [5, 5.41) is 8.35. The Morgan fingerprint density at radius 1 is 1.42 bits per heavy atom. The molecule has 0 aliphatic carbocycles. The van der Waals surface area contributed by atoms with E-state index in [1.165, 1.54) is 6.42 Å². The van der Waals surface area contributed by atoms with E-state index in [1.54, 1.807) is 13.3 Å². The van der Waals surface area contributed by atoms with Crippen LogP contribution in [0.2, 0.25) is 0 Å². The molecule has 1 heterocycles. The molecule has 4 nitrogen and oxygen atoms in total. The van der Waals surface area contributed by atoms with Crippen molar-refractivity contribution in [1.29, 1.82) is 5.26 Å². The molecule has 0 N–H and O–H groups in total. The van der Waals surface area contributed by atoms with Crippen LogP contribution in [0.1, 0.15) is 19.3 Å². The van der Waals surface area contributed by atoms with Gasteiger partial charge in [0.25, 0.3) is 0 Å². The number of aliphatic imine (C=N–C) groups is 1. The van der Waals surface area contributed by atoms with Gasteiger partial charge in [-0.05, 0) is 19.3 Å². The van der Waals surface area contributed by atoms with Gasteiger partial charge in [-0.25, -0.2) is 0 Å². The van der Waals surface area contributed by atoms with Crippen LogP contribution in [0.4, 0.5) is 0 Å². The summed E-state index contributed by atoms with van der Waals surface area (Å²) in [7, 11) is 1.55. The molecule has 0 aromatic rings. The predicted octanol–water partition coefficient (Wildman–Crippen LogP) is 0.956. The van der Waals surface area contributed by atoms with Crippen molar-refractivity contribution >= 4 is 6.02 Å². The Bertz CT molecular complexity index is 201. The third-order valence-corrected chi connectivity index (χ3v) is 1.95. The molecule has 0 unspecified atom stereocenters. The first-order valence-corrected chi connectivity index (χ1v) is 4.14. The van der Waals surface area contributed by atoms with E-state index in [2.05, 4.69) is 4.99 Å². The molecule has 0 radical (unpaired) electrons. The van der Waals surface area contributed by atoms with Gasteiger partial charge >= 0.3 is 6.02 Å². The lowest BCUT2D eigenvalue weighted by molar-refractivity contribution is 0.252. The highest BCUT2D eigenvalue weighted by Crippen LogP contribution is 2.09. The summed E-state index contributed by atoms with van der Waals surface area (Å²) in [5.41, 5.74) is 0. The maximum Gasteiger partial charge on any atom is 0.302 e. The molecule has 1 aliphatic heterocycles. The summed E-state index contributed by atoms with van der Waals surface area (Å²) in [5.74, 6) is 0. The van der Waals surface area contributed by atoms with Crippen LogP contribution in [0, 0.1) is 11.5 Å². The molecule has 0 amide bonds. The molecule has 0 atom stereocenters. The second-order valence-electron chi connectivity index (χ2n) is 2.75. The van der Waals surface area contributed by atoms with Gasteiger partial charge in [0.2, 0.25) is 6.19 Å². The average Bonchev–Trinajstić information content (AvgIpc) is 2.15. The molecule has 1 rings (SSSR count). The van der Waals surface area contributed by atoms with Gasteiger partial charge in [0.05, 0.1) is 7.11 Å². The molecule has 1 fully saturated rings. The zero-order valence-corrected chi connectivity index (χ0v) is 7.29. The number of nitrogens with zero attached hydrogens (tertiary/aromatic N) is 3. The van der Waals surface area contributed by atoms with E-state index in [0.29, 0.717) is 6.02 Å². The lowest BCUT2D eigenvalue weighted by atomic mass is 10.1. The Kier molecular flexibility index (Phi) is 3.39. The minimum Gasteiger partial charge on any atom is -0.468 e. The zero-order chi connectivity index (χ0) is 8.81. The van der Waals surface area contributed by atoms with Crippen LogP contribution in [0.25, 0.3) is 0 Å². The van der Waals surface area contributed by atoms with E-state index in [-0.39, 0.29) is 0 Å². The van der Waals surface area contributed by atoms with Crippen molar-refractivity contribution in [2.45, 2.75) is 19.3 Å². The van der Waals surface area contributed by atoms with E-state index in [9.17, 15) is 0 Å². The Hall–Kier alpha value is -1.24. The molecule has 0 spiro atoms. The van der Waals surface area contributed by atoms with Crippen LogP contribution in [0.3, 0.4) is 0 Å². The van der Waals surface area contributed by atoms with E-state index >= 15 is 0 Å². The maximum absolute atomic E-state index is 8.35. The number of ether oxygens (including phenoxy) is 1. The third-order valence-electron chi connectivity index (χ3n) is 1.95. The Morgan fingerprint density at radius 2 is 2.08 bits per heavy atom. The molecule has 0 saturated carbocycles. The number of amidine groups is 1. The van der Waals surface area contributed by atoms with Gasteiger partial charge in [-0.3, -0.25) is 0 Å². The minimum absolute atomic E-state index is 0.456. The lowest BCUT2D eigenvalue weighted by Gasteiger charge is -2.27. The molecule has 1 aliphatic rings. The molecule has 0 aromatic carbocycles. The van der Waals surface area contributed by atoms with Crippen molar-refractivity contribution in [1.82, 2.24) is 4.90 Å². The van der Waals surface area contributed by atoms with Crippen LogP contribution in [0.5, 0.6) is 0 Å². The monoisotopic (exact) mass is 167 g/mol. The summed E-state index contributed by atoms with van der Waals surface area (Å²) < 4.78 is 4.98. The van der Waals surface area contributed by atoms with Crippen molar-refractivity contribution in [3.63, 3.8) is 0 Å². The Morgan fingerprint density at radius 3 is 2.58 bits per heavy atom. The number of hydrogen-bond donors (Lipinski definition) is 0. The minimum atomic E-state index is 0.456. The fourth-order valence-corrected chi connectivity index (χ4v) is 1.37. The smallest absolute Gasteiger partial charge is 0.302 e. The maximum atomic E-state index is 8.35. The molecule has 0 aromatic heterocycles. The standard InChI is InChI=1S/C8H13N3O/c1-12-8(10-7-9)11-5-3-2-4-6-11/h2-6H2,1H3/b10-8-. The zero-order valence-electron chi connectivity index (χ0n) is 7.29. The second-order valence-corrected chi connectivity index (χ2v) is 2.75. The molecule has 4 heteroatoms. The van der Waals surface area contributed by atoms with Crippen molar-refractivity contribution in [3.8, 4) is 6.19 Å². The van der Waals surface area contributed by atoms with E-state index in [4.69, 9.17) is 10.00 Å². The summed E-state index contributed by atoms with van der Waals surface area (Å²) in [4.78, 5) is 5.60. The Labute approximate surface area is 72.4 Å². The van der Waals surface area contributed by atoms with E-state index < -0.39 is 0 Å².